The second-order valence-electron chi connectivity index (χ2n) is 7.21. The highest BCUT2D eigenvalue weighted by Gasteiger charge is 2.21. The summed E-state index contributed by atoms with van der Waals surface area (Å²) in [7, 11) is 0. The van der Waals surface area contributed by atoms with Gasteiger partial charge in [-0.3, -0.25) is 0 Å². The molecule has 2 aromatic carbocycles. The van der Waals surface area contributed by atoms with Crippen LogP contribution >= 0.6 is 0 Å². The van der Waals surface area contributed by atoms with Crippen molar-refractivity contribution in [3.05, 3.63) is 59.7 Å². The Morgan fingerprint density at radius 3 is 2.58 bits per heavy atom. The lowest BCUT2D eigenvalue weighted by Crippen LogP contribution is -2.30. The van der Waals surface area contributed by atoms with Crippen LogP contribution in [0.5, 0.6) is 0 Å². The lowest BCUT2D eigenvalue weighted by Gasteiger charge is -2.11. The van der Waals surface area contributed by atoms with Gasteiger partial charge in [0.1, 0.15) is 11.3 Å². The largest absolute Gasteiger partial charge is 0.440 e. The van der Waals surface area contributed by atoms with E-state index in [-0.39, 0.29) is 17.3 Å². The highest BCUT2D eigenvalue weighted by molar-refractivity contribution is 5.91. The maximum atomic E-state index is 12.9. The van der Waals surface area contributed by atoms with Crippen molar-refractivity contribution < 1.29 is 13.6 Å². The number of fused-ring (bicyclic) bond motifs is 1. The second kappa shape index (κ2) is 7.15. The third-order valence-corrected chi connectivity index (χ3v) is 3.90. The van der Waals surface area contributed by atoms with Gasteiger partial charge < -0.3 is 15.1 Å². The predicted octanol–water partition coefficient (Wildman–Crippen LogP) is 4.63. The second-order valence-corrected chi connectivity index (χ2v) is 7.21. The number of aromatic nitrogens is 1. The fourth-order valence-electron chi connectivity index (χ4n) is 2.47. The van der Waals surface area contributed by atoms with Gasteiger partial charge in [-0.05, 0) is 42.3 Å². The molecule has 0 saturated heterocycles. The SMILES string of the molecule is CC(C)(C)c1nc2cc(NC(=O)NCCc3ccc(F)cc3)ccc2o1. The summed E-state index contributed by atoms with van der Waals surface area (Å²) in [6.45, 7) is 6.56. The van der Waals surface area contributed by atoms with Crippen LogP contribution in [0.15, 0.2) is 46.9 Å². The van der Waals surface area contributed by atoms with Crippen molar-refractivity contribution in [1.82, 2.24) is 10.3 Å². The first-order valence-electron chi connectivity index (χ1n) is 8.52. The normalized spacial score (nSPS) is 11.5. The summed E-state index contributed by atoms with van der Waals surface area (Å²) in [5.74, 6) is 0.394. The zero-order valence-electron chi connectivity index (χ0n) is 15.1. The molecule has 0 saturated carbocycles. The molecule has 0 aliphatic carbocycles. The summed E-state index contributed by atoms with van der Waals surface area (Å²) < 4.78 is 18.6. The summed E-state index contributed by atoms with van der Waals surface area (Å²) in [5, 5.41) is 5.57. The number of nitrogens with zero attached hydrogens (tertiary/aromatic N) is 1. The van der Waals surface area contributed by atoms with E-state index in [1.165, 1.54) is 12.1 Å². The van der Waals surface area contributed by atoms with Crippen molar-refractivity contribution in [2.24, 2.45) is 0 Å². The smallest absolute Gasteiger partial charge is 0.319 e. The van der Waals surface area contributed by atoms with Gasteiger partial charge in [0.15, 0.2) is 5.58 Å². The van der Waals surface area contributed by atoms with Gasteiger partial charge in [0.05, 0.1) is 0 Å². The highest BCUT2D eigenvalue weighted by Crippen LogP contribution is 2.27. The lowest BCUT2D eigenvalue weighted by atomic mass is 9.97. The standard InChI is InChI=1S/C20H22FN3O2/c1-20(2,3)18-24-16-12-15(8-9-17(16)26-18)23-19(25)22-11-10-13-4-6-14(21)7-5-13/h4-9,12H,10-11H2,1-3H3,(H2,22,23,25). The molecule has 1 heterocycles. The Balaban J connectivity index is 1.57. The number of carbonyl (C=O) groups is 1. The molecule has 5 nitrogen and oxygen atoms in total. The minimum Gasteiger partial charge on any atom is -0.440 e. The number of rotatable bonds is 4. The number of oxazole rings is 1. The van der Waals surface area contributed by atoms with Crippen LogP contribution in [-0.2, 0) is 11.8 Å². The number of urea groups is 1. The van der Waals surface area contributed by atoms with Crippen LogP contribution < -0.4 is 10.6 Å². The number of anilines is 1. The topological polar surface area (TPSA) is 67.2 Å². The van der Waals surface area contributed by atoms with Crippen LogP contribution in [0.1, 0.15) is 32.2 Å². The van der Waals surface area contributed by atoms with Crippen molar-refractivity contribution in [3.63, 3.8) is 0 Å². The molecule has 2 amide bonds. The average Bonchev–Trinajstić information content (AvgIpc) is 3.00. The number of hydrogen-bond donors (Lipinski definition) is 2. The van der Waals surface area contributed by atoms with Gasteiger partial charge in [0, 0.05) is 17.6 Å². The van der Waals surface area contributed by atoms with Crippen molar-refractivity contribution in [2.75, 3.05) is 11.9 Å². The third-order valence-electron chi connectivity index (χ3n) is 3.90. The molecule has 2 N–H and O–H groups in total. The number of amides is 2. The molecular formula is C20H22FN3O2. The zero-order valence-corrected chi connectivity index (χ0v) is 15.1. The third kappa shape index (κ3) is 4.39. The summed E-state index contributed by atoms with van der Waals surface area (Å²) in [6.07, 6.45) is 0.630. The maximum Gasteiger partial charge on any atom is 0.319 e. The molecule has 3 aromatic rings. The number of hydrogen-bond acceptors (Lipinski definition) is 3. The molecule has 6 heteroatoms. The predicted molar refractivity (Wildman–Crippen MR) is 99.8 cm³/mol. The van der Waals surface area contributed by atoms with Crippen LogP contribution in [-0.4, -0.2) is 17.6 Å². The molecular weight excluding hydrogens is 333 g/mol. The van der Waals surface area contributed by atoms with Gasteiger partial charge in [-0.15, -0.1) is 0 Å². The van der Waals surface area contributed by atoms with Crippen LogP contribution in [0.25, 0.3) is 11.1 Å². The average molecular weight is 355 g/mol. The van der Waals surface area contributed by atoms with E-state index < -0.39 is 0 Å². The number of benzene rings is 2. The Morgan fingerprint density at radius 1 is 1.15 bits per heavy atom. The van der Waals surface area contributed by atoms with Gasteiger partial charge in [0.25, 0.3) is 0 Å². The number of nitrogens with one attached hydrogen (secondary N) is 2. The van der Waals surface area contributed by atoms with E-state index in [1.807, 2.05) is 20.8 Å². The minimum atomic E-state index is -0.300. The van der Waals surface area contributed by atoms with E-state index in [2.05, 4.69) is 15.6 Å². The summed E-state index contributed by atoms with van der Waals surface area (Å²) in [6, 6.07) is 11.3. The summed E-state index contributed by atoms with van der Waals surface area (Å²) in [5.41, 5.74) is 2.83. The number of halogens is 1. The molecule has 0 radical (unpaired) electrons. The van der Waals surface area contributed by atoms with Gasteiger partial charge in [-0.1, -0.05) is 32.9 Å². The number of carbonyl (C=O) groups excluding carboxylic acids is 1. The molecule has 136 valence electrons. The Kier molecular flexibility index (Phi) is 4.93. The van der Waals surface area contributed by atoms with Gasteiger partial charge in [0.2, 0.25) is 5.89 Å². The Hall–Kier alpha value is -2.89. The first kappa shape index (κ1) is 17.9. The van der Waals surface area contributed by atoms with E-state index in [9.17, 15) is 9.18 Å². The Bertz CT molecular complexity index is 911. The Labute approximate surface area is 151 Å². The first-order chi connectivity index (χ1) is 12.3. The monoisotopic (exact) mass is 355 g/mol. The summed E-state index contributed by atoms with van der Waals surface area (Å²) in [4.78, 5) is 16.5. The molecule has 0 aliphatic rings. The van der Waals surface area contributed by atoms with Crippen molar-refractivity contribution in [2.45, 2.75) is 32.6 Å². The van der Waals surface area contributed by atoms with Gasteiger partial charge in [-0.25, -0.2) is 14.2 Å². The lowest BCUT2D eigenvalue weighted by molar-refractivity contribution is 0.252. The van der Waals surface area contributed by atoms with Crippen molar-refractivity contribution in [3.8, 4) is 0 Å². The van der Waals surface area contributed by atoms with Crippen LogP contribution in [0.3, 0.4) is 0 Å². The summed E-state index contributed by atoms with van der Waals surface area (Å²) >= 11 is 0. The maximum absolute atomic E-state index is 12.9. The van der Waals surface area contributed by atoms with Gasteiger partial charge >= 0.3 is 6.03 Å². The van der Waals surface area contributed by atoms with E-state index in [0.717, 1.165) is 5.56 Å². The molecule has 0 atom stereocenters. The van der Waals surface area contributed by atoms with Crippen LogP contribution in [0, 0.1) is 5.82 Å². The molecule has 3 rings (SSSR count). The first-order valence-corrected chi connectivity index (χ1v) is 8.52. The fraction of sp³-hybridized carbons (Fsp3) is 0.300. The molecule has 0 unspecified atom stereocenters. The molecule has 1 aromatic heterocycles. The van der Waals surface area contributed by atoms with E-state index >= 15 is 0 Å². The van der Waals surface area contributed by atoms with Crippen molar-refractivity contribution >= 4 is 22.8 Å². The highest BCUT2D eigenvalue weighted by atomic mass is 19.1. The Morgan fingerprint density at radius 2 is 1.88 bits per heavy atom. The van der Waals surface area contributed by atoms with E-state index in [0.29, 0.717) is 35.6 Å². The van der Waals surface area contributed by atoms with E-state index in [1.54, 1.807) is 30.3 Å². The van der Waals surface area contributed by atoms with Crippen molar-refractivity contribution in [1.29, 1.82) is 0 Å². The quantitative estimate of drug-likeness (QED) is 0.717. The molecule has 26 heavy (non-hydrogen) atoms. The molecule has 0 spiro atoms. The minimum absolute atomic E-state index is 0.176. The zero-order chi connectivity index (χ0) is 18.7. The van der Waals surface area contributed by atoms with Crippen LogP contribution in [0.2, 0.25) is 0 Å². The molecule has 0 bridgehead atoms. The molecule has 0 fully saturated rings. The van der Waals surface area contributed by atoms with Gasteiger partial charge in [-0.2, -0.15) is 0 Å². The molecule has 0 aliphatic heterocycles. The van der Waals surface area contributed by atoms with E-state index in [4.69, 9.17) is 4.42 Å². The van der Waals surface area contributed by atoms with Crippen LogP contribution in [0.4, 0.5) is 14.9 Å². The fourth-order valence-corrected chi connectivity index (χ4v) is 2.47.